The van der Waals surface area contributed by atoms with Gasteiger partial charge in [0.05, 0.1) is 18.0 Å². The lowest BCUT2D eigenvalue weighted by Crippen LogP contribution is -2.41. The fourth-order valence-electron chi connectivity index (χ4n) is 3.96. The lowest BCUT2D eigenvalue weighted by molar-refractivity contribution is -0.120. The maximum Gasteiger partial charge on any atom is 0.241 e. The first-order valence-electron chi connectivity index (χ1n) is 10.1. The minimum atomic E-state index is -3.67. The number of ether oxygens (including phenoxy) is 2. The Kier molecular flexibility index (Phi) is 5.60. The Hall–Kier alpha value is -2.74. The van der Waals surface area contributed by atoms with Gasteiger partial charge >= 0.3 is 0 Å². The number of aryl methyl sites for hydroxylation is 2. The summed E-state index contributed by atoms with van der Waals surface area (Å²) < 4.78 is 36.4. The Morgan fingerprint density at radius 2 is 1.80 bits per heavy atom. The summed E-state index contributed by atoms with van der Waals surface area (Å²) in [6, 6.07) is 10.9. The molecule has 1 aliphatic heterocycles. The quantitative estimate of drug-likeness (QED) is 0.762. The molecule has 1 aliphatic carbocycles. The SMILES string of the molecule is C[C@H](NC(=O)CN(c1ccc2c(c1)OCO2)S(C)(=O)=O)c1ccc2c(c1)CCCC2. The van der Waals surface area contributed by atoms with Gasteiger partial charge in [0.2, 0.25) is 22.7 Å². The van der Waals surface area contributed by atoms with Crippen molar-refractivity contribution in [1.82, 2.24) is 5.32 Å². The largest absolute Gasteiger partial charge is 0.454 e. The second-order valence-electron chi connectivity index (χ2n) is 7.83. The lowest BCUT2D eigenvalue weighted by atomic mass is 9.89. The summed E-state index contributed by atoms with van der Waals surface area (Å²) in [6.45, 7) is 1.69. The van der Waals surface area contributed by atoms with Gasteiger partial charge in [-0.25, -0.2) is 8.42 Å². The van der Waals surface area contributed by atoms with Crippen LogP contribution in [-0.2, 0) is 27.7 Å². The van der Waals surface area contributed by atoms with Crippen LogP contribution in [0.1, 0.15) is 42.5 Å². The van der Waals surface area contributed by atoms with Gasteiger partial charge in [0, 0.05) is 6.07 Å². The van der Waals surface area contributed by atoms with E-state index in [2.05, 4.69) is 17.4 Å². The van der Waals surface area contributed by atoms with Crippen LogP contribution >= 0.6 is 0 Å². The number of carbonyl (C=O) groups is 1. The van der Waals surface area contributed by atoms with E-state index < -0.39 is 10.0 Å². The van der Waals surface area contributed by atoms with Crippen molar-refractivity contribution < 1.29 is 22.7 Å². The van der Waals surface area contributed by atoms with E-state index in [1.165, 1.54) is 24.0 Å². The number of rotatable bonds is 6. The molecule has 1 N–H and O–H groups in total. The molecule has 0 radical (unpaired) electrons. The minimum Gasteiger partial charge on any atom is -0.454 e. The van der Waals surface area contributed by atoms with Crippen LogP contribution in [0.3, 0.4) is 0 Å². The highest BCUT2D eigenvalue weighted by atomic mass is 32.2. The Balaban J connectivity index is 1.48. The molecule has 1 heterocycles. The molecule has 8 heteroatoms. The molecule has 2 aromatic carbocycles. The van der Waals surface area contributed by atoms with Crippen LogP contribution in [0.5, 0.6) is 11.5 Å². The zero-order chi connectivity index (χ0) is 21.3. The number of nitrogens with one attached hydrogen (secondary N) is 1. The standard InChI is InChI=1S/C22H26N2O5S/c1-15(17-8-7-16-5-3-4-6-18(16)11-17)23-22(25)13-24(30(2,26)27)19-9-10-20-21(12-19)29-14-28-20/h7-12,15H,3-6,13-14H2,1-2H3,(H,23,25)/t15-/m0/s1. The van der Waals surface area contributed by atoms with E-state index in [1.54, 1.807) is 18.2 Å². The number of hydrogen-bond donors (Lipinski definition) is 1. The van der Waals surface area contributed by atoms with Gasteiger partial charge in [0.1, 0.15) is 6.54 Å². The predicted molar refractivity (Wildman–Crippen MR) is 114 cm³/mol. The molecule has 30 heavy (non-hydrogen) atoms. The van der Waals surface area contributed by atoms with Crippen LogP contribution in [0, 0.1) is 0 Å². The summed E-state index contributed by atoms with van der Waals surface area (Å²) in [5.41, 5.74) is 4.11. The Bertz CT molecular complexity index is 1070. The highest BCUT2D eigenvalue weighted by Crippen LogP contribution is 2.36. The number of carbonyl (C=O) groups excluding carboxylic acids is 1. The Morgan fingerprint density at radius 1 is 1.07 bits per heavy atom. The third-order valence-electron chi connectivity index (χ3n) is 5.58. The van der Waals surface area contributed by atoms with E-state index in [4.69, 9.17) is 9.47 Å². The van der Waals surface area contributed by atoms with Gasteiger partial charge in [-0.1, -0.05) is 18.2 Å². The van der Waals surface area contributed by atoms with Crippen LogP contribution in [0.15, 0.2) is 36.4 Å². The van der Waals surface area contributed by atoms with E-state index in [0.29, 0.717) is 17.2 Å². The van der Waals surface area contributed by atoms with Crippen molar-refractivity contribution in [3.05, 3.63) is 53.1 Å². The number of fused-ring (bicyclic) bond motifs is 2. The van der Waals surface area contributed by atoms with Crippen LogP contribution in [-0.4, -0.2) is 33.9 Å². The molecule has 7 nitrogen and oxygen atoms in total. The Labute approximate surface area is 177 Å². The molecule has 0 saturated heterocycles. The molecule has 0 fully saturated rings. The summed E-state index contributed by atoms with van der Waals surface area (Å²) in [4.78, 5) is 12.7. The van der Waals surface area contributed by atoms with E-state index in [9.17, 15) is 13.2 Å². The smallest absolute Gasteiger partial charge is 0.241 e. The molecular formula is C22H26N2O5S. The normalized spacial score (nSPS) is 15.9. The van der Waals surface area contributed by atoms with Crippen molar-refractivity contribution >= 4 is 21.6 Å². The maximum atomic E-state index is 12.7. The summed E-state index contributed by atoms with van der Waals surface area (Å²) >= 11 is 0. The lowest BCUT2D eigenvalue weighted by Gasteiger charge is -2.24. The van der Waals surface area contributed by atoms with E-state index in [0.717, 1.165) is 29.0 Å². The van der Waals surface area contributed by atoms with Gasteiger partial charge in [0.15, 0.2) is 11.5 Å². The third kappa shape index (κ3) is 4.38. The summed E-state index contributed by atoms with van der Waals surface area (Å²) in [6.07, 6.45) is 5.67. The van der Waals surface area contributed by atoms with E-state index in [1.807, 2.05) is 13.0 Å². The molecule has 0 bridgehead atoms. The highest BCUT2D eigenvalue weighted by molar-refractivity contribution is 7.92. The molecule has 0 aromatic heterocycles. The summed E-state index contributed by atoms with van der Waals surface area (Å²) in [7, 11) is -3.67. The molecule has 1 atom stereocenters. The van der Waals surface area contributed by atoms with Gasteiger partial charge < -0.3 is 14.8 Å². The van der Waals surface area contributed by atoms with Gasteiger partial charge in [-0.05, 0) is 61.4 Å². The number of anilines is 1. The van der Waals surface area contributed by atoms with Gasteiger partial charge in [-0.15, -0.1) is 0 Å². The molecular weight excluding hydrogens is 404 g/mol. The minimum absolute atomic E-state index is 0.0937. The van der Waals surface area contributed by atoms with Gasteiger partial charge in [-0.3, -0.25) is 9.10 Å². The predicted octanol–water partition coefficient (Wildman–Crippen LogP) is 2.94. The molecule has 0 saturated carbocycles. The highest BCUT2D eigenvalue weighted by Gasteiger charge is 2.24. The second-order valence-corrected chi connectivity index (χ2v) is 9.74. The maximum absolute atomic E-state index is 12.7. The van der Waals surface area contributed by atoms with E-state index in [-0.39, 0.29) is 25.3 Å². The van der Waals surface area contributed by atoms with Crippen molar-refractivity contribution in [2.45, 2.75) is 38.6 Å². The average molecular weight is 431 g/mol. The topological polar surface area (TPSA) is 84.9 Å². The van der Waals surface area contributed by atoms with Crippen LogP contribution in [0.4, 0.5) is 5.69 Å². The van der Waals surface area contributed by atoms with Crippen LogP contribution in [0.25, 0.3) is 0 Å². The monoisotopic (exact) mass is 430 g/mol. The number of amides is 1. The second kappa shape index (κ2) is 8.18. The first-order chi connectivity index (χ1) is 14.3. The zero-order valence-corrected chi connectivity index (χ0v) is 18.0. The van der Waals surface area contributed by atoms with Crippen molar-refractivity contribution in [3.63, 3.8) is 0 Å². The molecule has 0 unspecified atom stereocenters. The molecule has 2 aromatic rings. The zero-order valence-electron chi connectivity index (χ0n) is 17.2. The van der Waals surface area contributed by atoms with Crippen LogP contribution in [0.2, 0.25) is 0 Å². The van der Waals surface area contributed by atoms with Gasteiger partial charge in [-0.2, -0.15) is 0 Å². The summed E-state index contributed by atoms with van der Waals surface area (Å²) in [5.74, 6) is 0.644. The first-order valence-corrected chi connectivity index (χ1v) is 11.9. The average Bonchev–Trinajstić information content (AvgIpc) is 3.18. The number of hydrogen-bond acceptors (Lipinski definition) is 5. The molecule has 0 spiro atoms. The molecule has 2 aliphatic rings. The third-order valence-corrected chi connectivity index (χ3v) is 6.72. The molecule has 160 valence electrons. The van der Waals surface area contributed by atoms with Crippen molar-refractivity contribution in [2.24, 2.45) is 0 Å². The molecule has 1 amide bonds. The van der Waals surface area contributed by atoms with E-state index >= 15 is 0 Å². The summed E-state index contributed by atoms with van der Waals surface area (Å²) in [5, 5.41) is 2.93. The number of benzene rings is 2. The van der Waals surface area contributed by atoms with Crippen molar-refractivity contribution in [1.29, 1.82) is 0 Å². The fourth-order valence-corrected chi connectivity index (χ4v) is 4.81. The van der Waals surface area contributed by atoms with Crippen molar-refractivity contribution in [3.8, 4) is 11.5 Å². The number of sulfonamides is 1. The van der Waals surface area contributed by atoms with Crippen LogP contribution < -0.4 is 19.1 Å². The molecule has 4 rings (SSSR count). The first kappa shape index (κ1) is 20.5. The fraction of sp³-hybridized carbons (Fsp3) is 0.409. The van der Waals surface area contributed by atoms with Gasteiger partial charge in [0.25, 0.3) is 0 Å². The Morgan fingerprint density at radius 3 is 2.57 bits per heavy atom. The van der Waals surface area contributed by atoms with Crippen molar-refractivity contribution in [2.75, 3.05) is 23.9 Å². The number of nitrogens with zero attached hydrogens (tertiary/aromatic N) is 1.